The third-order valence-corrected chi connectivity index (χ3v) is 1.25. The van der Waals surface area contributed by atoms with Crippen LogP contribution >= 0.6 is 11.6 Å². The second-order valence-electron chi connectivity index (χ2n) is 1.83. The number of halogens is 1. The van der Waals surface area contributed by atoms with E-state index in [1.807, 2.05) is 6.07 Å². The van der Waals surface area contributed by atoms with E-state index in [0.29, 0.717) is 18.0 Å². The predicted octanol–water partition coefficient (Wildman–Crippen LogP) is 1.45. The molecule has 10 heavy (non-hydrogen) atoms. The van der Waals surface area contributed by atoms with Crippen molar-refractivity contribution in [2.75, 3.05) is 0 Å². The van der Waals surface area contributed by atoms with E-state index in [1.54, 1.807) is 17.1 Å². The first kappa shape index (κ1) is 7.10. The third kappa shape index (κ3) is 1.74. The maximum atomic E-state index is 8.21. The molecule has 0 aliphatic carbocycles. The predicted molar refractivity (Wildman–Crippen MR) is 37.5 cm³/mol. The van der Waals surface area contributed by atoms with Gasteiger partial charge in [0.05, 0.1) is 30.3 Å². The van der Waals surface area contributed by atoms with E-state index in [9.17, 15) is 0 Å². The molecule has 1 heterocycles. The molecule has 3 nitrogen and oxygen atoms in total. The number of nitrogens with zero attached hydrogens (tertiary/aromatic N) is 3. The minimum absolute atomic E-state index is 0.470. The van der Waals surface area contributed by atoms with Crippen molar-refractivity contribution in [3.8, 4) is 6.07 Å². The van der Waals surface area contributed by atoms with Gasteiger partial charge in [-0.3, -0.25) is 4.68 Å². The Bertz CT molecular complexity index is 248. The molecule has 1 aromatic heterocycles. The van der Waals surface area contributed by atoms with Crippen molar-refractivity contribution in [2.24, 2.45) is 0 Å². The van der Waals surface area contributed by atoms with E-state index in [0.717, 1.165) is 0 Å². The molecule has 4 heteroatoms. The molecule has 1 rings (SSSR count). The molecule has 0 unspecified atom stereocenters. The highest BCUT2D eigenvalue weighted by atomic mass is 35.5. The van der Waals surface area contributed by atoms with Gasteiger partial charge in [-0.1, -0.05) is 11.6 Å². The molecule has 0 N–H and O–H groups in total. The number of hydrogen-bond donors (Lipinski definition) is 0. The number of hydrogen-bond acceptors (Lipinski definition) is 2. The van der Waals surface area contributed by atoms with Crippen LogP contribution in [0, 0.1) is 11.3 Å². The van der Waals surface area contributed by atoms with Gasteiger partial charge >= 0.3 is 0 Å². The Hall–Kier alpha value is -1.01. The van der Waals surface area contributed by atoms with Crippen LogP contribution in [0.25, 0.3) is 0 Å². The van der Waals surface area contributed by atoms with Gasteiger partial charge in [-0.05, 0) is 0 Å². The van der Waals surface area contributed by atoms with E-state index >= 15 is 0 Å². The van der Waals surface area contributed by atoms with Crippen molar-refractivity contribution in [2.45, 2.75) is 13.0 Å². The summed E-state index contributed by atoms with van der Waals surface area (Å²) in [5.74, 6) is 0. The average Bonchev–Trinajstić information content (AvgIpc) is 2.31. The van der Waals surface area contributed by atoms with Gasteiger partial charge in [0.2, 0.25) is 0 Å². The lowest BCUT2D eigenvalue weighted by Gasteiger charge is -1.91. The Labute approximate surface area is 63.8 Å². The summed E-state index contributed by atoms with van der Waals surface area (Å²) in [6, 6.07) is 2.02. The smallest absolute Gasteiger partial charge is 0.0785 e. The summed E-state index contributed by atoms with van der Waals surface area (Å²) >= 11 is 5.57. The fourth-order valence-electron chi connectivity index (χ4n) is 0.625. The van der Waals surface area contributed by atoms with Crippen LogP contribution in [-0.4, -0.2) is 9.78 Å². The zero-order valence-electron chi connectivity index (χ0n) is 5.29. The number of aromatic nitrogens is 2. The molecule has 0 aliphatic heterocycles. The fraction of sp³-hybridized carbons (Fsp3) is 0.333. The summed E-state index contributed by atoms with van der Waals surface area (Å²) in [6.45, 7) is 0.614. The van der Waals surface area contributed by atoms with Crippen LogP contribution in [0.15, 0.2) is 12.4 Å². The summed E-state index contributed by atoms with van der Waals surface area (Å²) < 4.78 is 1.64. The molecule has 0 radical (unpaired) electrons. The van der Waals surface area contributed by atoms with Crippen LogP contribution in [-0.2, 0) is 6.54 Å². The molecule has 1 aromatic rings. The van der Waals surface area contributed by atoms with Crippen molar-refractivity contribution in [3.05, 3.63) is 17.4 Å². The molecule has 0 saturated heterocycles. The first-order chi connectivity index (χ1) is 4.83. The van der Waals surface area contributed by atoms with Crippen molar-refractivity contribution < 1.29 is 0 Å². The van der Waals surface area contributed by atoms with Gasteiger partial charge in [0.25, 0.3) is 0 Å². The Kier molecular flexibility index (Phi) is 2.30. The van der Waals surface area contributed by atoms with Crippen molar-refractivity contribution in [1.29, 1.82) is 5.26 Å². The second-order valence-corrected chi connectivity index (χ2v) is 2.27. The Morgan fingerprint density at radius 2 is 2.60 bits per heavy atom. The molecule has 0 bridgehead atoms. The lowest BCUT2D eigenvalue weighted by Crippen LogP contribution is -1.95. The standard InChI is InChI=1S/C6H6ClN3/c7-6-4-9-10(5-6)3-1-2-8/h4-5H,1,3H2. The maximum Gasteiger partial charge on any atom is 0.0785 e. The normalized spacial score (nSPS) is 9.20. The highest BCUT2D eigenvalue weighted by Crippen LogP contribution is 2.04. The van der Waals surface area contributed by atoms with Crippen LogP contribution in [0.3, 0.4) is 0 Å². The molecule has 0 amide bonds. The van der Waals surface area contributed by atoms with E-state index < -0.39 is 0 Å². The highest BCUT2D eigenvalue weighted by Gasteiger charge is 1.92. The SMILES string of the molecule is N#CCCn1cc(Cl)cn1. The van der Waals surface area contributed by atoms with Gasteiger partial charge in [0, 0.05) is 6.20 Å². The maximum absolute atomic E-state index is 8.21. The van der Waals surface area contributed by atoms with E-state index in [2.05, 4.69) is 5.10 Å². The summed E-state index contributed by atoms with van der Waals surface area (Å²) in [4.78, 5) is 0. The molecule has 0 aromatic carbocycles. The lowest BCUT2D eigenvalue weighted by atomic mass is 10.5. The molecule has 0 spiro atoms. The Morgan fingerprint density at radius 1 is 1.80 bits per heavy atom. The average molecular weight is 156 g/mol. The summed E-state index contributed by atoms with van der Waals surface area (Å²) in [5.41, 5.74) is 0. The van der Waals surface area contributed by atoms with Crippen molar-refractivity contribution in [3.63, 3.8) is 0 Å². The molecular formula is C6H6ClN3. The molecule has 0 aliphatic rings. The Balaban J connectivity index is 2.52. The molecule has 0 saturated carbocycles. The number of aryl methyl sites for hydroxylation is 1. The van der Waals surface area contributed by atoms with Crippen LogP contribution < -0.4 is 0 Å². The largest absolute Gasteiger partial charge is 0.270 e. The summed E-state index contributed by atoms with van der Waals surface area (Å²) in [6.07, 6.45) is 3.72. The van der Waals surface area contributed by atoms with Gasteiger partial charge in [-0.15, -0.1) is 0 Å². The summed E-state index contributed by atoms with van der Waals surface area (Å²) in [5, 5.41) is 12.7. The topological polar surface area (TPSA) is 41.6 Å². The van der Waals surface area contributed by atoms with Crippen LogP contribution in [0.4, 0.5) is 0 Å². The number of nitriles is 1. The first-order valence-electron chi connectivity index (χ1n) is 2.88. The lowest BCUT2D eigenvalue weighted by molar-refractivity contribution is 0.628. The van der Waals surface area contributed by atoms with Gasteiger partial charge in [0.1, 0.15) is 0 Å². The zero-order chi connectivity index (χ0) is 7.40. The van der Waals surface area contributed by atoms with E-state index in [4.69, 9.17) is 16.9 Å². The monoisotopic (exact) mass is 155 g/mol. The molecular weight excluding hydrogens is 150 g/mol. The molecule has 0 fully saturated rings. The van der Waals surface area contributed by atoms with E-state index in [1.165, 1.54) is 0 Å². The zero-order valence-corrected chi connectivity index (χ0v) is 6.04. The van der Waals surface area contributed by atoms with Gasteiger partial charge in [-0.25, -0.2) is 0 Å². The van der Waals surface area contributed by atoms with Crippen molar-refractivity contribution in [1.82, 2.24) is 9.78 Å². The minimum Gasteiger partial charge on any atom is -0.270 e. The van der Waals surface area contributed by atoms with Crippen LogP contribution in [0.1, 0.15) is 6.42 Å². The summed E-state index contributed by atoms with van der Waals surface area (Å²) in [7, 11) is 0. The third-order valence-electron chi connectivity index (χ3n) is 1.05. The Morgan fingerprint density at radius 3 is 3.10 bits per heavy atom. The molecule has 52 valence electrons. The first-order valence-corrected chi connectivity index (χ1v) is 3.25. The number of rotatable bonds is 2. The van der Waals surface area contributed by atoms with Crippen molar-refractivity contribution >= 4 is 11.6 Å². The molecule has 0 atom stereocenters. The van der Waals surface area contributed by atoms with E-state index in [-0.39, 0.29) is 0 Å². The fourth-order valence-corrected chi connectivity index (χ4v) is 0.781. The second kappa shape index (κ2) is 3.23. The van der Waals surface area contributed by atoms with Crippen LogP contribution in [0.5, 0.6) is 0 Å². The highest BCUT2D eigenvalue weighted by molar-refractivity contribution is 6.30. The van der Waals surface area contributed by atoms with Crippen LogP contribution in [0.2, 0.25) is 5.02 Å². The quantitative estimate of drug-likeness (QED) is 0.649. The van der Waals surface area contributed by atoms with Gasteiger partial charge in [-0.2, -0.15) is 10.4 Å². The van der Waals surface area contributed by atoms with Gasteiger partial charge < -0.3 is 0 Å². The minimum atomic E-state index is 0.470. The van der Waals surface area contributed by atoms with Gasteiger partial charge in [0.15, 0.2) is 0 Å².